The molecule has 2 aromatic heterocycles. The molecule has 2 fully saturated rings. The first-order chi connectivity index (χ1) is 16.1. The Bertz CT molecular complexity index is 1030. The number of carbonyl (C=O) groups is 2. The Hall–Kier alpha value is -3.51. The van der Waals surface area contributed by atoms with E-state index in [-0.39, 0.29) is 17.6 Å². The fourth-order valence-electron chi connectivity index (χ4n) is 4.12. The van der Waals surface area contributed by atoms with Gasteiger partial charge in [0, 0.05) is 39.3 Å². The normalized spacial score (nSPS) is 19.3. The first-order valence-corrected chi connectivity index (χ1v) is 10.9. The lowest BCUT2D eigenvalue weighted by atomic mass is 10.0. The first-order valence-electron chi connectivity index (χ1n) is 10.9. The maximum absolute atomic E-state index is 13.6. The highest BCUT2D eigenvalue weighted by atomic mass is 19.4. The molecule has 10 nitrogen and oxygen atoms in total. The van der Waals surface area contributed by atoms with Crippen LogP contribution in [0.5, 0.6) is 0 Å². The fraction of sp³-hybridized carbons (Fsp3) is 0.524. The molecule has 2 N–H and O–H groups in total. The van der Waals surface area contributed by atoms with Crippen molar-refractivity contribution in [1.82, 2.24) is 14.9 Å². The van der Waals surface area contributed by atoms with Crippen LogP contribution in [0.1, 0.15) is 36.0 Å². The minimum absolute atomic E-state index is 0.190. The van der Waals surface area contributed by atoms with E-state index in [0.717, 1.165) is 12.8 Å². The third-order valence-electron chi connectivity index (χ3n) is 5.90. The molecule has 4 rings (SSSR count). The van der Waals surface area contributed by atoms with Crippen molar-refractivity contribution in [3.8, 4) is 0 Å². The maximum atomic E-state index is 13.6. The van der Waals surface area contributed by atoms with Gasteiger partial charge in [-0.2, -0.15) is 18.2 Å². The number of carbonyl (C=O) groups excluding carboxylic acids is 1. The van der Waals surface area contributed by atoms with E-state index in [2.05, 4.69) is 15.3 Å². The van der Waals surface area contributed by atoms with Crippen LogP contribution in [0.4, 0.5) is 35.5 Å². The Labute approximate surface area is 193 Å². The number of aromatic nitrogens is 2. The molecule has 0 bridgehead atoms. The topological polar surface area (TPSA) is 115 Å². The highest BCUT2D eigenvalue weighted by Crippen LogP contribution is 2.35. The smallest absolute Gasteiger partial charge is 0.437 e. The number of amides is 2. The Morgan fingerprint density at radius 3 is 2.47 bits per heavy atom. The van der Waals surface area contributed by atoms with Crippen molar-refractivity contribution in [1.29, 1.82) is 0 Å². The number of anilines is 3. The van der Waals surface area contributed by atoms with Crippen LogP contribution in [0.3, 0.4) is 0 Å². The number of carboxylic acid groups (broad SMARTS) is 1. The second-order valence-corrected chi connectivity index (χ2v) is 8.48. The highest BCUT2D eigenvalue weighted by Gasteiger charge is 2.42. The molecule has 2 saturated heterocycles. The quantitative estimate of drug-likeness (QED) is 0.682. The summed E-state index contributed by atoms with van der Waals surface area (Å²) in [5, 5.41) is 11.4. The van der Waals surface area contributed by atoms with E-state index in [4.69, 9.17) is 9.52 Å². The number of piperidine rings is 1. The monoisotopic (exact) mass is 482 g/mol. The van der Waals surface area contributed by atoms with Crippen LogP contribution in [-0.2, 0) is 6.18 Å². The van der Waals surface area contributed by atoms with Gasteiger partial charge in [-0.3, -0.25) is 4.79 Å². The van der Waals surface area contributed by atoms with Crippen LogP contribution < -0.4 is 15.1 Å². The first kappa shape index (κ1) is 23.6. The van der Waals surface area contributed by atoms with Gasteiger partial charge in [-0.15, -0.1) is 0 Å². The molecule has 2 amide bonds. The highest BCUT2D eigenvalue weighted by molar-refractivity contribution is 6.03. The SMILES string of the molecule is CC1CCCN(c2nc(C(F)(F)F)c(C(=O)Nc3ccc(N4CCN(C(=O)O)CC4)nc3)o2)C1. The molecule has 184 valence electrons. The Morgan fingerprint density at radius 2 is 1.88 bits per heavy atom. The van der Waals surface area contributed by atoms with E-state index in [1.54, 1.807) is 11.0 Å². The zero-order valence-corrected chi connectivity index (χ0v) is 18.5. The zero-order valence-electron chi connectivity index (χ0n) is 18.5. The van der Waals surface area contributed by atoms with Crippen LogP contribution in [0.2, 0.25) is 0 Å². The summed E-state index contributed by atoms with van der Waals surface area (Å²) >= 11 is 0. The molecule has 0 radical (unpaired) electrons. The molecule has 0 saturated carbocycles. The predicted molar refractivity (Wildman–Crippen MR) is 116 cm³/mol. The molecule has 2 aliphatic heterocycles. The van der Waals surface area contributed by atoms with Gasteiger partial charge in [-0.1, -0.05) is 6.92 Å². The van der Waals surface area contributed by atoms with E-state index in [9.17, 15) is 22.8 Å². The summed E-state index contributed by atoms with van der Waals surface area (Å²) < 4.78 is 46.0. The molecule has 2 aliphatic rings. The molecule has 0 aromatic carbocycles. The number of hydrogen-bond donors (Lipinski definition) is 2. The number of alkyl halides is 3. The molecule has 0 spiro atoms. The lowest BCUT2D eigenvalue weighted by Gasteiger charge is -2.33. The molecule has 2 aromatic rings. The number of pyridine rings is 1. The molecule has 34 heavy (non-hydrogen) atoms. The molecule has 1 atom stereocenters. The predicted octanol–water partition coefficient (Wildman–Crippen LogP) is 3.38. The molecular weight excluding hydrogens is 457 g/mol. The summed E-state index contributed by atoms with van der Waals surface area (Å²) in [4.78, 5) is 36.3. The third-order valence-corrected chi connectivity index (χ3v) is 5.90. The van der Waals surface area contributed by atoms with Crippen LogP contribution in [0, 0.1) is 5.92 Å². The van der Waals surface area contributed by atoms with Crippen LogP contribution >= 0.6 is 0 Å². The molecule has 4 heterocycles. The van der Waals surface area contributed by atoms with Crippen LogP contribution in [0.25, 0.3) is 0 Å². The van der Waals surface area contributed by atoms with E-state index in [1.165, 1.54) is 17.2 Å². The Morgan fingerprint density at radius 1 is 1.15 bits per heavy atom. The molecule has 13 heteroatoms. The van der Waals surface area contributed by atoms with E-state index in [0.29, 0.717) is 45.1 Å². The summed E-state index contributed by atoms with van der Waals surface area (Å²) in [6, 6.07) is 2.91. The Balaban J connectivity index is 1.46. The molecule has 1 unspecified atom stereocenters. The van der Waals surface area contributed by atoms with Gasteiger partial charge in [0.2, 0.25) is 5.76 Å². The lowest BCUT2D eigenvalue weighted by molar-refractivity contribution is -0.141. The molecule has 0 aliphatic carbocycles. The number of piperazine rings is 1. The van der Waals surface area contributed by atoms with Gasteiger partial charge in [0.25, 0.3) is 11.9 Å². The number of hydrogen-bond acceptors (Lipinski definition) is 7. The summed E-state index contributed by atoms with van der Waals surface area (Å²) in [6.45, 7) is 4.58. The minimum Gasteiger partial charge on any atom is -0.465 e. The summed E-state index contributed by atoms with van der Waals surface area (Å²) in [5.74, 6) is -1.11. The average Bonchev–Trinajstić information content (AvgIpc) is 3.26. The van der Waals surface area contributed by atoms with Crippen LogP contribution in [0.15, 0.2) is 22.7 Å². The van der Waals surface area contributed by atoms with Gasteiger partial charge in [-0.05, 0) is 30.9 Å². The van der Waals surface area contributed by atoms with E-state index in [1.807, 2.05) is 11.8 Å². The second-order valence-electron chi connectivity index (χ2n) is 8.48. The number of halogens is 3. The van der Waals surface area contributed by atoms with Crippen molar-refractivity contribution in [3.05, 3.63) is 29.8 Å². The summed E-state index contributed by atoms with van der Waals surface area (Å²) in [7, 11) is 0. The maximum Gasteiger partial charge on any atom is 0.437 e. The lowest BCUT2D eigenvalue weighted by Crippen LogP contribution is -2.48. The van der Waals surface area contributed by atoms with E-state index >= 15 is 0 Å². The van der Waals surface area contributed by atoms with Gasteiger partial charge >= 0.3 is 12.3 Å². The fourth-order valence-corrected chi connectivity index (χ4v) is 4.12. The van der Waals surface area contributed by atoms with Crippen molar-refractivity contribution in [2.24, 2.45) is 5.92 Å². The zero-order chi connectivity index (χ0) is 24.5. The van der Waals surface area contributed by atoms with Crippen molar-refractivity contribution in [2.45, 2.75) is 25.9 Å². The van der Waals surface area contributed by atoms with Crippen molar-refractivity contribution >= 4 is 29.5 Å². The second kappa shape index (κ2) is 9.39. The van der Waals surface area contributed by atoms with Gasteiger partial charge in [0.1, 0.15) is 5.82 Å². The number of rotatable bonds is 4. The van der Waals surface area contributed by atoms with Crippen LogP contribution in [-0.4, -0.2) is 71.2 Å². The number of nitrogens with one attached hydrogen (secondary N) is 1. The van der Waals surface area contributed by atoms with Crippen molar-refractivity contribution in [3.63, 3.8) is 0 Å². The number of nitrogens with zero attached hydrogens (tertiary/aromatic N) is 5. The van der Waals surface area contributed by atoms with Gasteiger partial charge in [0.15, 0.2) is 5.69 Å². The van der Waals surface area contributed by atoms with Crippen molar-refractivity contribution in [2.75, 3.05) is 54.4 Å². The Kier molecular flexibility index (Phi) is 6.53. The average molecular weight is 482 g/mol. The standard InChI is InChI=1S/C21H25F3N6O4/c1-13-3-2-6-30(12-13)19-27-17(21(22,23)24)16(34-19)18(31)26-14-4-5-15(25-11-14)28-7-9-29(10-8-28)20(32)33/h4-5,11,13H,2-3,6-10,12H2,1H3,(H,26,31)(H,32,33). The van der Waals surface area contributed by atoms with Gasteiger partial charge < -0.3 is 29.5 Å². The third kappa shape index (κ3) is 5.18. The number of oxazole rings is 1. The van der Waals surface area contributed by atoms with Gasteiger partial charge in [0.05, 0.1) is 11.9 Å². The van der Waals surface area contributed by atoms with Crippen molar-refractivity contribution < 1.29 is 32.3 Å². The summed E-state index contributed by atoms with van der Waals surface area (Å²) in [5.41, 5.74) is -1.17. The largest absolute Gasteiger partial charge is 0.465 e. The molecular formula is C21H25F3N6O4. The summed E-state index contributed by atoms with van der Waals surface area (Å²) in [6.07, 6.45) is -2.73. The minimum atomic E-state index is -4.85. The van der Waals surface area contributed by atoms with E-state index < -0.39 is 29.6 Å². The van der Waals surface area contributed by atoms with Gasteiger partial charge in [-0.25, -0.2) is 9.78 Å².